The van der Waals surface area contributed by atoms with E-state index in [1.54, 1.807) is 11.0 Å². The third-order valence-electron chi connectivity index (χ3n) is 6.07. The summed E-state index contributed by atoms with van der Waals surface area (Å²) in [5.41, 5.74) is 0.110. The highest BCUT2D eigenvalue weighted by molar-refractivity contribution is 9.10. The third kappa shape index (κ3) is 4.41. The zero-order valence-electron chi connectivity index (χ0n) is 19.4. The summed E-state index contributed by atoms with van der Waals surface area (Å²) in [6, 6.07) is 1.44. The van der Waals surface area contributed by atoms with E-state index in [-0.39, 0.29) is 39.1 Å². The Bertz CT molecular complexity index is 1220. The summed E-state index contributed by atoms with van der Waals surface area (Å²) in [7, 11) is -3.76. The van der Waals surface area contributed by atoms with Gasteiger partial charge in [0.15, 0.2) is 5.82 Å². The van der Waals surface area contributed by atoms with Crippen molar-refractivity contribution in [2.45, 2.75) is 70.3 Å². The molecule has 2 fully saturated rings. The molecule has 8 nitrogen and oxygen atoms in total. The first-order valence-corrected chi connectivity index (χ1v) is 13.4. The number of benzene rings is 1. The van der Waals surface area contributed by atoms with Crippen LogP contribution in [0.3, 0.4) is 0 Å². The fourth-order valence-corrected chi connectivity index (χ4v) is 5.82. The first-order valence-electron chi connectivity index (χ1n) is 11.0. The number of rotatable bonds is 3. The van der Waals surface area contributed by atoms with Crippen molar-refractivity contribution in [3.8, 4) is 0 Å². The molecular formula is C22H28BrFN4O4S. The second-order valence-electron chi connectivity index (χ2n) is 9.62. The van der Waals surface area contributed by atoms with Crippen LogP contribution in [0.1, 0.15) is 46.1 Å². The second kappa shape index (κ2) is 8.33. The number of amides is 1. The molecule has 2 saturated heterocycles. The van der Waals surface area contributed by atoms with E-state index in [1.807, 2.05) is 32.6 Å². The number of sulfone groups is 1. The first-order chi connectivity index (χ1) is 15.3. The van der Waals surface area contributed by atoms with Crippen molar-refractivity contribution < 1.29 is 22.3 Å². The van der Waals surface area contributed by atoms with Crippen LogP contribution in [0.2, 0.25) is 0 Å². The number of hydrogen-bond donors (Lipinski definition) is 0. The predicted octanol–water partition coefficient (Wildman–Crippen LogP) is 4.22. The minimum atomic E-state index is -3.76. The largest absolute Gasteiger partial charge is 0.444 e. The number of halogens is 2. The molecule has 0 N–H and O–H groups in total. The van der Waals surface area contributed by atoms with Gasteiger partial charge in [0.05, 0.1) is 22.3 Å². The maximum absolute atomic E-state index is 15.1. The van der Waals surface area contributed by atoms with Crippen LogP contribution in [0.4, 0.5) is 15.0 Å². The zero-order valence-corrected chi connectivity index (χ0v) is 21.8. The smallest absolute Gasteiger partial charge is 0.410 e. The molecule has 0 unspecified atom stereocenters. The van der Waals surface area contributed by atoms with E-state index in [2.05, 4.69) is 25.9 Å². The van der Waals surface area contributed by atoms with E-state index < -0.39 is 21.3 Å². The van der Waals surface area contributed by atoms with Gasteiger partial charge in [-0.3, -0.25) is 4.90 Å². The molecule has 4 rings (SSSR count). The Morgan fingerprint density at radius 3 is 2.39 bits per heavy atom. The molecule has 2 atom stereocenters. The Hall–Kier alpha value is -2.01. The molecule has 0 aliphatic carbocycles. The lowest BCUT2D eigenvalue weighted by atomic mass is 10.1. The number of nitrogens with zero attached hydrogens (tertiary/aromatic N) is 4. The lowest BCUT2D eigenvalue weighted by molar-refractivity contribution is 0.0123. The zero-order chi connectivity index (χ0) is 24.3. The maximum atomic E-state index is 15.1. The standard InChI is InChI=1S/C22H28BrFN4O4S/c1-6-33(30,31)20-25-18-16(12(2)9-15(23)17(18)24)19(26-20)27-10-13-7-8-14(11-27)28(13)21(29)32-22(3,4)5/h9,13-14H,6-8,10-11H2,1-5H3/t13-,14+. The van der Waals surface area contributed by atoms with Crippen LogP contribution in [0.25, 0.3) is 10.9 Å². The molecule has 2 aromatic rings. The molecule has 1 amide bonds. The van der Waals surface area contributed by atoms with Crippen molar-refractivity contribution in [3.63, 3.8) is 0 Å². The Morgan fingerprint density at radius 1 is 1.24 bits per heavy atom. The normalized spacial score (nSPS) is 21.1. The highest BCUT2D eigenvalue weighted by Crippen LogP contribution is 2.38. The van der Waals surface area contributed by atoms with E-state index in [4.69, 9.17) is 4.74 Å². The number of aromatic nitrogens is 2. The molecule has 33 heavy (non-hydrogen) atoms. The van der Waals surface area contributed by atoms with Gasteiger partial charge in [-0.25, -0.2) is 27.6 Å². The number of ether oxygens (including phenoxy) is 1. The summed E-state index contributed by atoms with van der Waals surface area (Å²) < 4.78 is 46.1. The van der Waals surface area contributed by atoms with E-state index >= 15 is 4.39 Å². The molecule has 2 aliphatic rings. The second-order valence-corrected chi connectivity index (χ2v) is 12.7. The van der Waals surface area contributed by atoms with Crippen LogP contribution in [0, 0.1) is 12.7 Å². The lowest BCUT2D eigenvalue weighted by Crippen LogP contribution is -2.57. The van der Waals surface area contributed by atoms with Gasteiger partial charge in [0, 0.05) is 18.5 Å². The molecule has 3 heterocycles. The van der Waals surface area contributed by atoms with Gasteiger partial charge in [-0.05, 0) is 68.1 Å². The van der Waals surface area contributed by atoms with Crippen LogP contribution < -0.4 is 4.90 Å². The van der Waals surface area contributed by atoms with Gasteiger partial charge in [0.25, 0.3) is 0 Å². The summed E-state index contributed by atoms with van der Waals surface area (Å²) in [6.07, 6.45) is 1.27. The number of carbonyl (C=O) groups excluding carboxylic acids is 1. The van der Waals surface area contributed by atoms with Crippen molar-refractivity contribution in [2.75, 3.05) is 23.7 Å². The molecule has 1 aromatic carbocycles. The van der Waals surface area contributed by atoms with Gasteiger partial charge >= 0.3 is 6.09 Å². The van der Waals surface area contributed by atoms with Gasteiger partial charge in [-0.15, -0.1) is 0 Å². The van der Waals surface area contributed by atoms with Crippen LogP contribution in [0.5, 0.6) is 0 Å². The average Bonchev–Trinajstić information content (AvgIpc) is 3.00. The van der Waals surface area contributed by atoms with E-state index in [0.29, 0.717) is 24.3 Å². The van der Waals surface area contributed by atoms with Crippen LogP contribution in [-0.4, -0.2) is 65.9 Å². The number of carbonyl (C=O) groups is 1. The van der Waals surface area contributed by atoms with Crippen molar-refractivity contribution in [1.82, 2.24) is 14.9 Å². The van der Waals surface area contributed by atoms with Crippen molar-refractivity contribution in [2.24, 2.45) is 0 Å². The molecule has 0 spiro atoms. The molecule has 0 radical (unpaired) electrons. The Labute approximate surface area is 201 Å². The Kier molecular flexibility index (Phi) is 6.09. The molecule has 1 aromatic heterocycles. The molecule has 180 valence electrons. The topological polar surface area (TPSA) is 92.7 Å². The summed E-state index contributed by atoms with van der Waals surface area (Å²) in [4.78, 5) is 25.1. The number of hydrogen-bond acceptors (Lipinski definition) is 7. The first kappa shape index (κ1) is 24.1. The number of piperazine rings is 1. The highest BCUT2D eigenvalue weighted by atomic mass is 79.9. The monoisotopic (exact) mass is 542 g/mol. The van der Waals surface area contributed by atoms with Crippen LogP contribution in [0.15, 0.2) is 15.7 Å². The maximum Gasteiger partial charge on any atom is 0.410 e. The quantitative estimate of drug-likeness (QED) is 0.536. The molecule has 11 heteroatoms. The Morgan fingerprint density at radius 2 is 1.85 bits per heavy atom. The van der Waals surface area contributed by atoms with E-state index in [9.17, 15) is 13.2 Å². The molecule has 2 aliphatic heterocycles. The number of fused-ring (bicyclic) bond motifs is 3. The summed E-state index contributed by atoms with van der Waals surface area (Å²) in [6.45, 7) is 9.72. The SMILES string of the molecule is CCS(=O)(=O)c1nc(N2C[C@H]3CC[C@@H](C2)N3C(=O)OC(C)(C)C)c2c(C)cc(Br)c(F)c2n1. The van der Waals surface area contributed by atoms with Crippen molar-refractivity contribution in [1.29, 1.82) is 0 Å². The van der Waals surface area contributed by atoms with E-state index in [0.717, 1.165) is 18.4 Å². The summed E-state index contributed by atoms with van der Waals surface area (Å²) in [5.74, 6) is -0.427. The number of aryl methyl sites for hydroxylation is 1. The number of anilines is 1. The van der Waals surface area contributed by atoms with Crippen LogP contribution in [-0.2, 0) is 14.6 Å². The molecule has 0 saturated carbocycles. The van der Waals surface area contributed by atoms with Crippen molar-refractivity contribution >= 4 is 48.6 Å². The molecule has 2 bridgehead atoms. The predicted molar refractivity (Wildman–Crippen MR) is 127 cm³/mol. The van der Waals surface area contributed by atoms with Gasteiger partial charge in [0.2, 0.25) is 15.0 Å². The summed E-state index contributed by atoms with van der Waals surface area (Å²) >= 11 is 3.20. The minimum absolute atomic E-state index is 0.0270. The van der Waals surface area contributed by atoms with E-state index in [1.165, 1.54) is 6.92 Å². The van der Waals surface area contributed by atoms with Gasteiger partial charge in [-0.1, -0.05) is 6.92 Å². The fraction of sp³-hybridized carbons (Fsp3) is 0.591. The average molecular weight is 543 g/mol. The van der Waals surface area contributed by atoms with Crippen molar-refractivity contribution in [3.05, 3.63) is 21.9 Å². The van der Waals surface area contributed by atoms with Crippen LogP contribution >= 0.6 is 15.9 Å². The van der Waals surface area contributed by atoms with Gasteiger partial charge < -0.3 is 9.64 Å². The lowest BCUT2D eigenvalue weighted by Gasteiger charge is -2.42. The Balaban J connectivity index is 1.79. The van der Waals surface area contributed by atoms with Gasteiger partial charge in [-0.2, -0.15) is 0 Å². The molecular weight excluding hydrogens is 515 g/mol. The van der Waals surface area contributed by atoms with Gasteiger partial charge in [0.1, 0.15) is 16.9 Å². The highest BCUT2D eigenvalue weighted by Gasteiger charge is 2.45. The summed E-state index contributed by atoms with van der Waals surface area (Å²) in [5, 5.41) is 0.0988. The fourth-order valence-electron chi connectivity index (χ4n) is 4.58. The minimum Gasteiger partial charge on any atom is -0.444 e. The third-order valence-corrected chi connectivity index (χ3v) is 8.14.